The third-order valence-corrected chi connectivity index (χ3v) is 7.73. The number of amides is 1. The molecule has 1 aromatic rings. The average molecular weight is 543 g/mol. The van der Waals surface area contributed by atoms with Gasteiger partial charge in [0.25, 0.3) is 0 Å². The zero-order valence-corrected chi connectivity index (χ0v) is 20.7. The molecule has 10 nitrogen and oxygen atoms in total. The predicted octanol–water partition coefficient (Wildman–Crippen LogP) is 0.848. The van der Waals surface area contributed by atoms with E-state index in [0.717, 1.165) is 17.7 Å². The molecule has 1 fully saturated rings. The minimum Gasteiger partial charge on any atom is -0.504 e. The van der Waals surface area contributed by atoms with E-state index in [1.54, 1.807) is 12.1 Å². The standard InChI is InChI=1S/C23H28N2O7.C2HF3O/c1-12(26)21(29)24-9-6-17(28)31-15-5-7-23(30)16-11-13-3-4-14(27)19-18(13)22(23,20(15)32-19)8-10-25(16)2;3-2(4,5)1-6/h3-5,12,16,20,26-27,30H,6-11H2,1-2H3,(H,24,29);1H/t12-,16+,20-,22-,23+;/m0./s1. The van der Waals surface area contributed by atoms with Gasteiger partial charge in [-0.25, -0.2) is 0 Å². The minimum absolute atomic E-state index is 0.0127. The zero-order chi connectivity index (χ0) is 28.0. The molecule has 2 heterocycles. The molecule has 1 saturated heterocycles. The number of phenols is 1. The van der Waals surface area contributed by atoms with E-state index in [1.807, 2.05) is 13.1 Å². The Balaban J connectivity index is 0.000000505. The quantitative estimate of drug-likeness (QED) is 0.314. The highest BCUT2D eigenvalue weighted by Crippen LogP contribution is 2.65. The molecule has 5 rings (SSSR count). The highest BCUT2D eigenvalue weighted by atomic mass is 19.4. The molecule has 2 bridgehead atoms. The normalized spacial score (nSPS) is 29.5. The van der Waals surface area contributed by atoms with Gasteiger partial charge in [0, 0.05) is 24.6 Å². The molecule has 1 aromatic carbocycles. The number of hydrogen-bond acceptors (Lipinski definition) is 9. The van der Waals surface area contributed by atoms with Crippen LogP contribution in [-0.2, 0) is 31.0 Å². The lowest BCUT2D eigenvalue weighted by molar-refractivity contribution is -0.169. The van der Waals surface area contributed by atoms with Crippen LogP contribution >= 0.6 is 0 Å². The Kier molecular flexibility index (Phi) is 7.23. The molecule has 0 radical (unpaired) electrons. The van der Waals surface area contributed by atoms with E-state index in [4.69, 9.17) is 14.3 Å². The number of rotatable bonds is 5. The van der Waals surface area contributed by atoms with Gasteiger partial charge in [0.1, 0.15) is 11.9 Å². The van der Waals surface area contributed by atoms with E-state index < -0.39 is 47.6 Å². The number of aliphatic hydroxyl groups excluding tert-OH is 1. The van der Waals surface area contributed by atoms with E-state index >= 15 is 0 Å². The van der Waals surface area contributed by atoms with Gasteiger partial charge < -0.3 is 35.0 Å². The van der Waals surface area contributed by atoms with Crippen LogP contribution in [0.2, 0.25) is 0 Å². The number of likely N-dealkylation sites (N-methyl/N-ethyl adjacent to an activating group) is 1. The number of alkyl halides is 3. The van der Waals surface area contributed by atoms with Gasteiger partial charge >= 0.3 is 12.1 Å². The molecule has 0 unspecified atom stereocenters. The molecule has 4 N–H and O–H groups in total. The lowest BCUT2D eigenvalue weighted by atomic mass is 9.50. The average Bonchev–Trinajstić information content (AvgIpc) is 3.20. The first-order valence-corrected chi connectivity index (χ1v) is 12.1. The van der Waals surface area contributed by atoms with Crippen molar-refractivity contribution in [2.45, 2.75) is 68.0 Å². The number of nitrogens with one attached hydrogen (secondary N) is 1. The van der Waals surface area contributed by atoms with Gasteiger partial charge in [-0.1, -0.05) is 6.07 Å². The van der Waals surface area contributed by atoms with Crippen LogP contribution in [-0.4, -0.2) is 88.5 Å². The second-order valence-corrected chi connectivity index (χ2v) is 9.95. The lowest BCUT2D eigenvalue weighted by Gasteiger charge is -2.61. The molecular formula is C25H29F3N2O8. The summed E-state index contributed by atoms with van der Waals surface area (Å²) in [7, 11) is 2.01. The van der Waals surface area contributed by atoms with Crippen LogP contribution in [0.5, 0.6) is 11.5 Å². The fraction of sp³-hybridized carbons (Fsp3) is 0.560. The smallest absolute Gasteiger partial charge is 0.446 e. The van der Waals surface area contributed by atoms with Crippen molar-refractivity contribution in [3.63, 3.8) is 0 Å². The number of aliphatic hydroxyl groups is 2. The predicted molar refractivity (Wildman–Crippen MR) is 124 cm³/mol. The maximum Gasteiger partial charge on any atom is 0.446 e. The number of hydrogen-bond donors (Lipinski definition) is 4. The van der Waals surface area contributed by atoms with Crippen molar-refractivity contribution in [3.05, 3.63) is 35.1 Å². The maximum atomic E-state index is 12.5. The number of carbonyl (C=O) groups excluding carboxylic acids is 3. The molecule has 38 heavy (non-hydrogen) atoms. The van der Waals surface area contributed by atoms with E-state index in [-0.39, 0.29) is 24.8 Å². The van der Waals surface area contributed by atoms with Gasteiger partial charge in [0.05, 0.1) is 17.4 Å². The first kappa shape index (κ1) is 27.9. The van der Waals surface area contributed by atoms with Crippen molar-refractivity contribution in [1.29, 1.82) is 0 Å². The fourth-order valence-electron chi connectivity index (χ4n) is 6.06. The number of aldehydes is 1. The summed E-state index contributed by atoms with van der Waals surface area (Å²) in [6.07, 6.45) is -4.38. The summed E-state index contributed by atoms with van der Waals surface area (Å²) in [6.45, 7) is 2.13. The number of carbonyl (C=O) groups is 3. The Morgan fingerprint density at radius 2 is 2.05 bits per heavy atom. The number of esters is 1. The van der Waals surface area contributed by atoms with Crippen LogP contribution in [0.25, 0.3) is 0 Å². The maximum absolute atomic E-state index is 12.5. The first-order valence-electron chi connectivity index (χ1n) is 12.1. The molecule has 2 aliphatic carbocycles. The van der Waals surface area contributed by atoms with Crippen LogP contribution < -0.4 is 10.1 Å². The van der Waals surface area contributed by atoms with Crippen LogP contribution in [0.15, 0.2) is 24.0 Å². The van der Waals surface area contributed by atoms with Crippen molar-refractivity contribution >= 4 is 18.2 Å². The molecule has 2 aliphatic heterocycles. The molecule has 208 valence electrons. The van der Waals surface area contributed by atoms with Gasteiger partial charge in [-0.15, -0.1) is 0 Å². The topological polar surface area (TPSA) is 146 Å². The number of halogens is 3. The van der Waals surface area contributed by atoms with Gasteiger partial charge in [-0.2, -0.15) is 13.2 Å². The van der Waals surface area contributed by atoms with Crippen LogP contribution in [0, 0.1) is 0 Å². The molecular weight excluding hydrogens is 513 g/mol. The summed E-state index contributed by atoms with van der Waals surface area (Å²) < 4.78 is 43.1. The number of nitrogens with zero attached hydrogens (tertiary/aromatic N) is 1. The molecule has 1 amide bonds. The molecule has 5 atom stereocenters. The van der Waals surface area contributed by atoms with Crippen LogP contribution in [0.3, 0.4) is 0 Å². The van der Waals surface area contributed by atoms with Gasteiger partial charge in [-0.3, -0.25) is 14.4 Å². The third kappa shape index (κ3) is 4.52. The Morgan fingerprint density at radius 1 is 1.37 bits per heavy atom. The van der Waals surface area contributed by atoms with Crippen LogP contribution in [0.4, 0.5) is 13.2 Å². The highest BCUT2D eigenvalue weighted by molar-refractivity contribution is 5.80. The van der Waals surface area contributed by atoms with E-state index in [9.17, 15) is 38.1 Å². The lowest BCUT2D eigenvalue weighted by Crippen LogP contribution is -2.74. The van der Waals surface area contributed by atoms with Gasteiger partial charge in [0.2, 0.25) is 12.2 Å². The highest BCUT2D eigenvalue weighted by Gasteiger charge is 2.72. The molecule has 0 aromatic heterocycles. The van der Waals surface area contributed by atoms with E-state index in [1.165, 1.54) is 6.92 Å². The summed E-state index contributed by atoms with van der Waals surface area (Å²) in [4.78, 5) is 34.9. The first-order chi connectivity index (χ1) is 17.7. The molecule has 4 aliphatic rings. The number of likely N-dealkylation sites (tertiary alicyclic amines) is 1. The van der Waals surface area contributed by atoms with Gasteiger partial charge in [-0.05, 0) is 51.1 Å². The SMILES string of the molecule is C[C@H](O)C(=O)NCCC(=O)OC1=CC[C@@]2(O)[C@H]3Cc4ccc(O)c5c4[C@@]2(CCN3C)[C@H]1O5.O=CC(F)(F)F. The Morgan fingerprint density at radius 3 is 2.68 bits per heavy atom. The largest absolute Gasteiger partial charge is 0.504 e. The van der Waals surface area contributed by atoms with Crippen molar-refractivity contribution in [1.82, 2.24) is 10.2 Å². The second-order valence-electron chi connectivity index (χ2n) is 9.95. The number of ether oxygens (including phenoxy) is 2. The summed E-state index contributed by atoms with van der Waals surface area (Å²) >= 11 is 0. The summed E-state index contributed by atoms with van der Waals surface area (Å²) in [6, 6.07) is 3.39. The fourth-order valence-corrected chi connectivity index (χ4v) is 6.06. The number of benzene rings is 1. The summed E-state index contributed by atoms with van der Waals surface area (Å²) in [5.74, 6) is -0.405. The Hall–Kier alpha value is -3.16. The van der Waals surface area contributed by atoms with E-state index in [0.29, 0.717) is 30.8 Å². The van der Waals surface area contributed by atoms with Crippen LogP contribution in [0.1, 0.15) is 37.3 Å². The molecule has 0 saturated carbocycles. The zero-order valence-electron chi connectivity index (χ0n) is 20.7. The number of aromatic hydroxyl groups is 1. The Bertz CT molecular complexity index is 1170. The van der Waals surface area contributed by atoms with Crippen molar-refractivity contribution in [2.24, 2.45) is 0 Å². The molecule has 13 heteroatoms. The summed E-state index contributed by atoms with van der Waals surface area (Å²) in [5, 5.41) is 34.2. The van der Waals surface area contributed by atoms with Gasteiger partial charge in [0.15, 0.2) is 17.6 Å². The number of piperidine rings is 1. The third-order valence-electron chi connectivity index (χ3n) is 7.73. The second kappa shape index (κ2) is 9.86. The van der Waals surface area contributed by atoms with Crippen molar-refractivity contribution in [2.75, 3.05) is 20.1 Å². The van der Waals surface area contributed by atoms with E-state index in [2.05, 4.69) is 10.2 Å². The minimum atomic E-state index is -4.64. The van der Waals surface area contributed by atoms with Crippen molar-refractivity contribution in [3.8, 4) is 11.5 Å². The number of phenolic OH excluding ortho intramolecular Hbond substituents is 1. The summed E-state index contributed by atoms with van der Waals surface area (Å²) in [5.41, 5.74) is -0.0515. The molecule has 1 spiro atoms. The monoisotopic (exact) mass is 542 g/mol. The van der Waals surface area contributed by atoms with Crippen molar-refractivity contribution < 1.29 is 52.3 Å². The Labute approximate surface area is 216 Å².